The van der Waals surface area contributed by atoms with Gasteiger partial charge in [-0.25, -0.2) is 13.2 Å². The van der Waals surface area contributed by atoms with Gasteiger partial charge in [0.05, 0.1) is 21.3 Å². The van der Waals surface area contributed by atoms with Gasteiger partial charge in [0.2, 0.25) is 0 Å². The summed E-state index contributed by atoms with van der Waals surface area (Å²) < 4.78 is 28.5. The smallest absolute Gasteiger partial charge is 0.344 e. The number of carboxylic acids is 1. The number of sulfone groups is 1. The van der Waals surface area contributed by atoms with Crippen LogP contribution in [0.4, 0.5) is 11.4 Å². The number of aliphatic carboxylic acids is 1. The van der Waals surface area contributed by atoms with E-state index in [0.29, 0.717) is 16.4 Å². The highest BCUT2D eigenvalue weighted by molar-refractivity contribution is 7.90. The first kappa shape index (κ1) is 19.4. The Morgan fingerprint density at radius 2 is 1.84 bits per heavy atom. The summed E-state index contributed by atoms with van der Waals surface area (Å²) in [6.07, 6.45) is 0.0203. The molecule has 0 aliphatic heterocycles. The lowest BCUT2D eigenvalue weighted by Gasteiger charge is -2.17. The molecule has 9 heteroatoms. The second kappa shape index (κ2) is 7.51. The highest BCUT2D eigenvalue weighted by Crippen LogP contribution is 2.34. The van der Waals surface area contributed by atoms with Crippen LogP contribution in [0.2, 0.25) is 10.0 Å². The summed E-state index contributed by atoms with van der Waals surface area (Å²) >= 11 is 12.1. The molecule has 134 valence electrons. The Morgan fingerprint density at radius 3 is 2.40 bits per heavy atom. The number of benzene rings is 2. The van der Waals surface area contributed by atoms with Crippen LogP contribution in [0.25, 0.3) is 0 Å². The summed E-state index contributed by atoms with van der Waals surface area (Å²) in [4.78, 5) is 11.1. The fourth-order valence-electron chi connectivity index (χ4n) is 1.92. The Bertz CT molecular complexity index is 915. The molecular formula is C16H15Cl2NO5S. The summed E-state index contributed by atoms with van der Waals surface area (Å²) in [6, 6.07) is 8.88. The maximum Gasteiger partial charge on any atom is 0.344 e. The number of nitrogens with one attached hydrogen (secondary N) is 1. The fourth-order valence-corrected chi connectivity index (χ4v) is 3.03. The average Bonchev–Trinajstić information content (AvgIpc) is 2.50. The van der Waals surface area contributed by atoms with Gasteiger partial charge in [-0.1, -0.05) is 23.2 Å². The second-order valence-corrected chi connectivity index (χ2v) is 8.14. The molecule has 0 fully saturated rings. The molecule has 2 aromatic carbocycles. The third-order valence-corrected chi connectivity index (χ3v) is 4.89. The number of carbonyl (C=O) groups is 1. The molecule has 0 spiro atoms. The number of halogens is 2. The van der Waals surface area contributed by atoms with Gasteiger partial charge in [-0.15, -0.1) is 0 Å². The van der Waals surface area contributed by atoms with Crippen LogP contribution >= 0.6 is 23.2 Å². The summed E-state index contributed by atoms with van der Waals surface area (Å²) in [5, 5.41) is 12.5. The molecular weight excluding hydrogens is 389 g/mol. The molecule has 6 nitrogen and oxygen atoms in total. The molecule has 0 aromatic heterocycles. The molecule has 0 bridgehead atoms. The van der Waals surface area contributed by atoms with Crippen LogP contribution in [-0.2, 0) is 14.6 Å². The molecule has 25 heavy (non-hydrogen) atoms. The van der Waals surface area contributed by atoms with Gasteiger partial charge in [-0.05, 0) is 43.3 Å². The lowest BCUT2D eigenvalue weighted by Crippen LogP contribution is -2.23. The van der Waals surface area contributed by atoms with E-state index in [2.05, 4.69) is 5.32 Å². The molecule has 0 amide bonds. The van der Waals surface area contributed by atoms with E-state index in [4.69, 9.17) is 33.0 Å². The van der Waals surface area contributed by atoms with Crippen molar-refractivity contribution in [3.8, 4) is 5.75 Å². The van der Waals surface area contributed by atoms with E-state index < -0.39 is 21.9 Å². The number of ether oxygens (including phenoxy) is 1. The predicted octanol–water partition coefficient (Wildman–Crippen LogP) is 3.99. The van der Waals surface area contributed by atoms with Gasteiger partial charge in [0, 0.05) is 11.3 Å². The minimum atomic E-state index is -3.38. The van der Waals surface area contributed by atoms with Crippen LogP contribution in [-0.4, -0.2) is 31.9 Å². The van der Waals surface area contributed by atoms with Crippen molar-refractivity contribution in [3.05, 3.63) is 46.4 Å². The van der Waals surface area contributed by atoms with Gasteiger partial charge in [0.15, 0.2) is 15.9 Å². The maximum atomic E-state index is 11.6. The van der Waals surface area contributed by atoms with Crippen LogP contribution in [0.3, 0.4) is 0 Å². The van der Waals surface area contributed by atoms with Crippen molar-refractivity contribution in [3.63, 3.8) is 0 Å². The third kappa shape index (κ3) is 5.01. The van der Waals surface area contributed by atoms with Gasteiger partial charge in [-0.3, -0.25) is 0 Å². The van der Waals surface area contributed by atoms with Crippen molar-refractivity contribution >= 4 is 50.4 Å². The first-order valence-corrected chi connectivity index (χ1v) is 9.68. The van der Waals surface area contributed by atoms with E-state index in [0.717, 1.165) is 6.26 Å². The molecule has 2 N–H and O–H groups in total. The van der Waals surface area contributed by atoms with E-state index in [9.17, 15) is 13.2 Å². The van der Waals surface area contributed by atoms with Gasteiger partial charge >= 0.3 is 5.97 Å². The van der Waals surface area contributed by atoms with E-state index in [1.165, 1.54) is 31.2 Å². The molecule has 0 saturated carbocycles. The Kier molecular flexibility index (Phi) is 5.82. The summed E-state index contributed by atoms with van der Waals surface area (Å²) in [5.74, 6) is -0.848. The summed E-state index contributed by atoms with van der Waals surface area (Å²) in [6.45, 7) is 1.40. The highest BCUT2D eigenvalue weighted by atomic mass is 35.5. The number of anilines is 2. The van der Waals surface area contributed by atoms with E-state index in [-0.39, 0.29) is 15.7 Å². The molecule has 2 aromatic rings. The largest absolute Gasteiger partial charge is 0.479 e. The number of rotatable bonds is 6. The van der Waals surface area contributed by atoms with Gasteiger partial charge in [-0.2, -0.15) is 0 Å². The molecule has 0 unspecified atom stereocenters. The lowest BCUT2D eigenvalue weighted by atomic mass is 10.2. The van der Waals surface area contributed by atoms with Crippen LogP contribution in [0.5, 0.6) is 5.75 Å². The first-order chi connectivity index (χ1) is 11.6. The zero-order valence-electron chi connectivity index (χ0n) is 13.3. The molecule has 1 atom stereocenters. The molecule has 0 saturated heterocycles. The van der Waals surface area contributed by atoms with Crippen LogP contribution in [0.1, 0.15) is 6.92 Å². The van der Waals surface area contributed by atoms with Crippen LogP contribution in [0.15, 0.2) is 41.3 Å². The third-order valence-electron chi connectivity index (χ3n) is 3.23. The standard InChI is InChI=1S/C16H15Cl2NO5S/c1-9(16(20)21)24-15-6-3-10(17)7-14(15)19-13-5-4-11(8-12(13)18)25(2,22)23/h3-9,19H,1-2H3,(H,20,21)/t9-/m0/s1. The van der Waals surface area contributed by atoms with Crippen molar-refractivity contribution in [2.75, 3.05) is 11.6 Å². The lowest BCUT2D eigenvalue weighted by molar-refractivity contribution is -0.144. The minimum absolute atomic E-state index is 0.0881. The molecule has 0 aliphatic carbocycles. The van der Waals surface area contributed by atoms with Crippen LogP contribution < -0.4 is 10.1 Å². The zero-order valence-corrected chi connectivity index (χ0v) is 15.6. The average molecular weight is 404 g/mol. The van der Waals surface area contributed by atoms with Gasteiger partial charge in [0.1, 0.15) is 5.75 Å². The number of carboxylic acid groups (broad SMARTS) is 1. The topological polar surface area (TPSA) is 92.7 Å². The monoisotopic (exact) mass is 403 g/mol. The Hall–Kier alpha value is -1.96. The highest BCUT2D eigenvalue weighted by Gasteiger charge is 2.16. The van der Waals surface area contributed by atoms with E-state index >= 15 is 0 Å². The van der Waals surface area contributed by atoms with E-state index in [1.807, 2.05) is 0 Å². The summed E-state index contributed by atoms with van der Waals surface area (Å²) in [5.41, 5.74) is 0.818. The minimum Gasteiger partial charge on any atom is -0.479 e. The molecule has 2 rings (SSSR count). The Morgan fingerprint density at radius 1 is 1.16 bits per heavy atom. The van der Waals surface area contributed by atoms with Crippen molar-refractivity contribution < 1.29 is 23.1 Å². The number of hydrogen-bond donors (Lipinski definition) is 2. The Balaban J connectivity index is 2.37. The van der Waals surface area contributed by atoms with Crippen LogP contribution in [0, 0.1) is 0 Å². The van der Waals surface area contributed by atoms with E-state index in [1.54, 1.807) is 12.1 Å². The summed E-state index contributed by atoms with van der Waals surface area (Å²) in [7, 11) is -3.38. The SMILES string of the molecule is C[C@H](Oc1ccc(Cl)cc1Nc1ccc(S(C)(=O)=O)cc1Cl)C(=O)O. The zero-order chi connectivity index (χ0) is 18.8. The molecule has 0 radical (unpaired) electrons. The second-order valence-electron chi connectivity index (χ2n) is 5.28. The van der Waals surface area contributed by atoms with Crippen molar-refractivity contribution in [2.24, 2.45) is 0 Å². The fraction of sp³-hybridized carbons (Fsp3) is 0.188. The van der Waals surface area contributed by atoms with Crippen molar-refractivity contribution in [2.45, 2.75) is 17.9 Å². The van der Waals surface area contributed by atoms with Gasteiger partial charge < -0.3 is 15.2 Å². The predicted molar refractivity (Wildman–Crippen MR) is 97.0 cm³/mol. The molecule has 0 aliphatic rings. The normalized spacial score (nSPS) is 12.5. The Labute approximate surface area is 155 Å². The van der Waals surface area contributed by atoms with Gasteiger partial charge in [0.25, 0.3) is 0 Å². The maximum absolute atomic E-state index is 11.6. The van der Waals surface area contributed by atoms with Crippen molar-refractivity contribution in [1.82, 2.24) is 0 Å². The quantitative estimate of drug-likeness (QED) is 0.756. The first-order valence-electron chi connectivity index (χ1n) is 7.03. The molecule has 0 heterocycles. The number of hydrogen-bond acceptors (Lipinski definition) is 5. The van der Waals surface area contributed by atoms with Crippen molar-refractivity contribution in [1.29, 1.82) is 0 Å².